The summed E-state index contributed by atoms with van der Waals surface area (Å²) in [5.74, 6) is -1.12. The third kappa shape index (κ3) is 4.49. The number of hydrogen-bond donors (Lipinski definition) is 3. The molecule has 1 aromatic heterocycles. The molecule has 2 amide bonds. The zero-order valence-electron chi connectivity index (χ0n) is 19.5. The standard InChI is InChI=1S/C26H30ClN3O5/c27-18-7-3-8-19-17(18)11-21(28-19)26(35)30-12-15-5-1-6-16(15)24(30)25(34)29-20(23(33)13-31)10-14-4-2-9-22(14)32/h3,7-8,11,14-16,20,24,28,31H,1-2,4-6,9-10,12-13H2,(H,29,34)/t14-,15-,16-,20-,24-/m0/s1. The average Bonchev–Trinajstić information content (AvgIpc) is 3.61. The molecular weight excluding hydrogens is 470 g/mol. The third-order valence-electron chi connectivity index (χ3n) is 8.07. The lowest BCUT2D eigenvalue weighted by molar-refractivity contribution is -0.133. The number of H-pyrrole nitrogens is 1. The normalized spacial score (nSPS) is 26.8. The Hall–Kier alpha value is -2.71. The van der Waals surface area contributed by atoms with E-state index in [-0.39, 0.29) is 41.8 Å². The second kappa shape index (κ2) is 9.74. The Morgan fingerprint density at radius 3 is 2.74 bits per heavy atom. The van der Waals surface area contributed by atoms with Crippen LogP contribution in [0.3, 0.4) is 0 Å². The maximum Gasteiger partial charge on any atom is 0.271 e. The number of Topliss-reactive ketones (excluding diaryl/α,β-unsaturated/α-hetero) is 2. The van der Waals surface area contributed by atoms with Crippen LogP contribution in [0.2, 0.25) is 5.02 Å². The van der Waals surface area contributed by atoms with Gasteiger partial charge in [0.15, 0.2) is 5.78 Å². The largest absolute Gasteiger partial charge is 0.389 e. The van der Waals surface area contributed by atoms with Gasteiger partial charge in [-0.2, -0.15) is 0 Å². The highest BCUT2D eigenvalue weighted by atomic mass is 35.5. The summed E-state index contributed by atoms with van der Waals surface area (Å²) in [6.07, 6.45) is 4.93. The summed E-state index contributed by atoms with van der Waals surface area (Å²) in [6.45, 7) is -0.231. The molecule has 2 saturated carbocycles. The van der Waals surface area contributed by atoms with Gasteiger partial charge in [-0.1, -0.05) is 24.1 Å². The molecule has 3 aliphatic rings. The fraction of sp³-hybridized carbons (Fsp3) is 0.538. The van der Waals surface area contributed by atoms with Crippen LogP contribution in [0.25, 0.3) is 10.9 Å². The number of aliphatic hydroxyl groups is 1. The fourth-order valence-corrected chi connectivity index (χ4v) is 6.53. The summed E-state index contributed by atoms with van der Waals surface area (Å²) in [5, 5.41) is 13.6. The van der Waals surface area contributed by atoms with Crippen LogP contribution in [-0.2, 0) is 14.4 Å². The van der Waals surface area contributed by atoms with Crippen LogP contribution in [0.5, 0.6) is 0 Å². The zero-order chi connectivity index (χ0) is 24.7. The van der Waals surface area contributed by atoms with E-state index in [0.717, 1.165) is 36.6 Å². The molecule has 3 N–H and O–H groups in total. The molecule has 0 unspecified atom stereocenters. The van der Waals surface area contributed by atoms with Crippen molar-refractivity contribution in [1.29, 1.82) is 0 Å². The molecule has 8 nitrogen and oxygen atoms in total. The summed E-state index contributed by atoms with van der Waals surface area (Å²) >= 11 is 6.29. The van der Waals surface area contributed by atoms with Crippen molar-refractivity contribution in [2.75, 3.05) is 13.2 Å². The molecule has 1 aliphatic heterocycles. The smallest absolute Gasteiger partial charge is 0.271 e. The number of nitrogens with zero attached hydrogens (tertiary/aromatic N) is 1. The van der Waals surface area contributed by atoms with Crippen molar-refractivity contribution in [3.05, 3.63) is 35.0 Å². The van der Waals surface area contributed by atoms with Gasteiger partial charge in [0, 0.05) is 34.8 Å². The first-order valence-corrected chi connectivity index (χ1v) is 12.8. The van der Waals surface area contributed by atoms with Crippen LogP contribution < -0.4 is 5.32 Å². The van der Waals surface area contributed by atoms with E-state index in [1.807, 2.05) is 6.07 Å². The molecule has 186 valence electrons. The minimum atomic E-state index is -0.941. The van der Waals surface area contributed by atoms with Crippen molar-refractivity contribution < 1.29 is 24.3 Å². The Labute approximate surface area is 208 Å². The number of aromatic nitrogens is 1. The Balaban J connectivity index is 1.39. The molecule has 0 bridgehead atoms. The first-order chi connectivity index (χ1) is 16.9. The van der Waals surface area contributed by atoms with Crippen LogP contribution in [-0.4, -0.2) is 63.6 Å². The number of hydrogen-bond acceptors (Lipinski definition) is 5. The van der Waals surface area contributed by atoms with Gasteiger partial charge in [-0.05, 0) is 62.1 Å². The summed E-state index contributed by atoms with van der Waals surface area (Å²) < 4.78 is 0. The molecule has 1 aromatic carbocycles. The number of aliphatic hydroxyl groups excluding tert-OH is 1. The number of benzene rings is 1. The fourth-order valence-electron chi connectivity index (χ4n) is 6.30. The van der Waals surface area contributed by atoms with Gasteiger partial charge in [-0.3, -0.25) is 19.2 Å². The quantitative estimate of drug-likeness (QED) is 0.541. The van der Waals surface area contributed by atoms with Crippen molar-refractivity contribution >= 4 is 45.9 Å². The van der Waals surface area contributed by atoms with Gasteiger partial charge in [-0.15, -0.1) is 0 Å². The molecule has 5 atom stereocenters. The minimum absolute atomic E-state index is 0.0184. The summed E-state index contributed by atoms with van der Waals surface area (Å²) in [6, 6.07) is 5.48. The Bertz CT molecular complexity index is 1180. The van der Waals surface area contributed by atoms with Gasteiger partial charge in [0.05, 0.1) is 6.04 Å². The number of halogens is 1. The van der Waals surface area contributed by atoms with Gasteiger partial charge in [-0.25, -0.2) is 0 Å². The predicted molar refractivity (Wildman–Crippen MR) is 130 cm³/mol. The first-order valence-electron chi connectivity index (χ1n) is 12.4. The van der Waals surface area contributed by atoms with Gasteiger partial charge < -0.3 is 20.3 Å². The number of likely N-dealkylation sites (tertiary alicyclic amines) is 1. The number of ketones is 2. The molecular formula is C26H30ClN3O5. The maximum atomic E-state index is 13.6. The summed E-state index contributed by atoms with van der Waals surface area (Å²) in [5.41, 5.74) is 1.11. The van der Waals surface area contributed by atoms with Crippen molar-refractivity contribution in [3.8, 4) is 0 Å². The van der Waals surface area contributed by atoms with E-state index in [1.54, 1.807) is 23.1 Å². The molecule has 2 aromatic rings. The highest BCUT2D eigenvalue weighted by Gasteiger charge is 2.50. The number of carbonyl (C=O) groups excluding carboxylic acids is 4. The van der Waals surface area contributed by atoms with E-state index in [9.17, 15) is 24.3 Å². The van der Waals surface area contributed by atoms with E-state index in [1.165, 1.54) is 0 Å². The number of fused-ring (bicyclic) bond motifs is 2. The highest BCUT2D eigenvalue weighted by Crippen LogP contribution is 2.43. The van der Waals surface area contributed by atoms with E-state index in [4.69, 9.17) is 11.6 Å². The minimum Gasteiger partial charge on any atom is -0.389 e. The van der Waals surface area contributed by atoms with Crippen molar-refractivity contribution in [2.45, 2.75) is 57.0 Å². The van der Waals surface area contributed by atoms with Crippen molar-refractivity contribution in [2.24, 2.45) is 17.8 Å². The van der Waals surface area contributed by atoms with Crippen LogP contribution >= 0.6 is 11.6 Å². The van der Waals surface area contributed by atoms with Gasteiger partial charge in [0.1, 0.15) is 24.1 Å². The SMILES string of the molecule is O=C1CCC[C@H]1C[C@H](NC(=O)[C@@H]1[C@H]2CCC[C@H]2CN1C(=O)c1cc2c(Cl)cccc2[nH]1)C(=O)CO. The van der Waals surface area contributed by atoms with Crippen LogP contribution in [0.15, 0.2) is 24.3 Å². The highest BCUT2D eigenvalue weighted by molar-refractivity contribution is 6.35. The second-order valence-electron chi connectivity index (χ2n) is 10.1. The average molecular weight is 500 g/mol. The Morgan fingerprint density at radius 1 is 1.20 bits per heavy atom. The molecule has 1 saturated heterocycles. The lowest BCUT2D eigenvalue weighted by Gasteiger charge is -2.29. The molecule has 5 rings (SSSR count). The van der Waals surface area contributed by atoms with Gasteiger partial charge >= 0.3 is 0 Å². The molecule has 0 radical (unpaired) electrons. The number of nitrogens with one attached hydrogen (secondary N) is 2. The van der Waals surface area contributed by atoms with Gasteiger partial charge in [0.25, 0.3) is 5.91 Å². The predicted octanol–water partition coefficient (Wildman–Crippen LogP) is 2.87. The third-order valence-corrected chi connectivity index (χ3v) is 8.40. The van der Waals surface area contributed by atoms with Crippen molar-refractivity contribution in [1.82, 2.24) is 15.2 Å². The summed E-state index contributed by atoms with van der Waals surface area (Å²) in [7, 11) is 0. The monoisotopic (exact) mass is 499 g/mol. The van der Waals surface area contributed by atoms with E-state index in [0.29, 0.717) is 30.1 Å². The topological polar surface area (TPSA) is 120 Å². The Morgan fingerprint density at radius 2 is 2.03 bits per heavy atom. The van der Waals surface area contributed by atoms with E-state index < -0.39 is 24.5 Å². The van der Waals surface area contributed by atoms with Crippen LogP contribution in [0.1, 0.15) is 55.4 Å². The van der Waals surface area contributed by atoms with Crippen LogP contribution in [0.4, 0.5) is 0 Å². The molecule has 2 heterocycles. The van der Waals surface area contributed by atoms with Crippen molar-refractivity contribution in [3.63, 3.8) is 0 Å². The zero-order valence-corrected chi connectivity index (χ0v) is 20.2. The number of amides is 2. The van der Waals surface area contributed by atoms with E-state index in [2.05, 4.69) is 10.3 Å². The Kier molecular flexibility index (Phi) is 6.68. The van der Waals surface area contributed by atoms with Crippen LogP contribution in [0, 0.1) is 17.8 Å². The number of carbonyl (C=O) groups is 4. The maximum absolute atomic E-state index is 13.6. The first kappa shape index (κ1) is 24.0. The molecule has 3 fully saturated rings. The van der Waals surface area contributed by atoms with E-state index >= 15 is 0 Å². The molecule has 2 aliphatic carbocycles. The molecule has 0 spiro atoms. The van der Waals surface area contributed by atoms with Gasteiger partial charge in [0.2, 0.25) is 5.91 Å². The lowest BCUT2D eigenvalue weighted by atomic mass is 9.91. The summed E-state index contributed by atoms with van der Waals surface area (Å²) in [4.78, 5) is 56.6. The lowest BCUT2D eigenvalue weighted by Crippen LogP contribution is -2.53. The number of rotatable bonds is 7. The molecule has 35 heavy (non-hydrogen) atoms. The second-order valence-corrected chi connectivity index (χ2v) is 10.5. The number of aromatic amines is 1. The molecule has 9 heteroatoms.